The number of benzene rings is 1. The highest BCUT2D eigenvalue weighted by atomic mass is 32.3. The molecule has 1 aliphatic rings. The number of carbonyl (C=O) groups excluding carboxylic acids is 1. The molecule has 2 rings (SSSR count). The monoisotopic (exact) mass is 325 g/mol. The fraction of sp³-hybridized carbons (Fsp3) is 0.333. The average molecular weight is 325 g/mol. The first-order valence-electron chi connectivity index (χ1n) is 6.79. The number of aliphatic imine (C=N–C) groups is 1. The second kappa shape index (κ2) is 6.39. The molecule has 22 heavy (non-hydrogen) atoms. The van der Waals surface area contributed by atoms with Crippen LogP contribution in [0, 0.1) is 0 Å². The molecule has 0 aromatic heterocycles. The lowest BCUT2D eigenvalue weighted by Gasteiger charge is -2.24. The molecule has 0 amide bonds. The Balaban J connectivity index is 2.25. The average Bonchev–Trinajstić information content (AvgIpc) is 2.95. The van der Waals surface area contributed by atoms with Crippen LogP contribution in [0.15, 0.2) is 41.4 Å². The van der Waals surface area contributed by atoms with Crippen LogP contribution in [-0.4, -0.2) is 33.0 Å². The third-order valence-electron chi connectivity index (χ3n) is 3.39. The molecular weight excluding hydrogens is 309 g/mol. The topological polar surface area (TPSA) is 72.8 Å². The lowest BCUT2D eigenvalue weighted by molar-refractivity contribution is 0.0526. The minimum atomic E-state index is -4.57. The van der Waals surface area contributed by atoms with Crippen LogP contribution >= 0.6 is 0 Å². The first-order chi connectivity index (χ1) is 10.4. The molecule has 1 aromatic rings. The number of halogens is 1. The maximum atomic E-state index is 12.8. The SMILES string of the molecule is CCOC(=O)c1ccc(C2(CCS(=O)(=O)F)C=CC=N2)cc1. The molecule has 1 aromatic carbocycles. The van der Waals surface area contributed by atoms with Gasteiger partial charge in [0.15, 0.2) is 0 Å². The molecule has 0 radical (unpaired) electrons. The number of ether oxygens (including phenoxy) is 1. The number of carbonyl (C=O) groups is 1. The van der Waals surface area contributed by atoms with E-state index in [9.17, 15) is 17.1 Å². The summed E-state index contributed by atoms with van der Waals surface area (Å²) in [6, 6.07) is 6.51. The van der Waals surface area contributed by atoms with Crippen LogP contribution < -0.4 is 0 Å². The van der Waals surface area contributed by atoms with E-state index in [0.717, 1.165) is 0 Å². The Morgan fingerprint density at radius 3 is 2.50 bits per heavy atom. The molecule has 0 bridgehead atoms. The zero-order chi connectivity index (χ0) is 16.2. The summed E-state index contributed by atoms with van der Waals surface area (Å²) in [4.78, 5) is 15.9. The molecular formula is C15H16FNO4S. The van der Waals surface area contributed by atoms with E-state index in [-0.39, 0.29) is 13.0 Å². The predicted octanol–water partition coefficient (Wildman–Crippen LogP) is 2.39. The van der Waals surface area contributed by atoms with E-state index in [1.54, 1.807) is 49.6 Å². The van der Waals surface area contributed by atoms with Crippen molar-refractivity contribution in [3.63, 3.8) is 0 Å². The van der Waals surface area contributed by atoms with Crippen LogP contribution in [0.4, 0.5) is 3.89 Å². The summed E-state index contributed by atoms with van der Waals surface area (Å²) in [6.45, 7) is 2.00. The number of nitrogens with zero attached hydrogens (tertiary/aromatic N) is 1. The van der Waals surface area contributed by atoms with Crippen molar-refractivity contribution in [2.24, 2.45) is 4.99 Å². The standard InChI is InChI=1S/C15H16FNO4S/c1-2-21-14(18)12-4-6-13(7-5-12)15(8-3-10-17-15)9-11-22(16,19)20/h3-8,10H,2,9,11H2,1H3. The van der Waals surface area contributed by atoms with E-state index in [0.29, 0.717) is 11.1 Å². The van der Waals surface area contributed by atoms with E-state index in [1.165, 1.54) is 0 Å². The highest BCUT2D eigenvalue weighted by Crippen LogP contribution is 2.34. The molecule has 1 aliphatic heterocycles. The van der Waals surface area contributed by atoms with Gasteiger partial charge in [0.2, 0.25) is 0 Å². The van der Waals surface area contributed by atoms with Gasteiger partial charge in [0.25, 0.3) is 0 Å². The van der Waals surface area contributed by atoms with Crippen LogP contribution in [0.3, 0.4) is 0 Å². The molecule has 0 saturated heterocycles. The minimum Gasteiger partial charge on any atom is -0.462 e. The number of hydrogen-bond acceptors (Lipinski definition) is 5. The Morgan fingerprint density at radius 2 is 2.00 bits per heavy atom. The number of esters is 1. The molecule has 0 fully saturated rings. The number of rotatable bonds is 6. The van der Waals surface area contributed by atoms with E-state index >= 15 is 0 Å². The first kappa shape index (κ1) is 16.4. The van der Waals surface area contributed by atoms with Gasteiger partial charge in [-0.2, -0.15) is 8.42 Å². The van der Waals surface area contributed by atoms with Gasteiger partial charge in [-0.15, -0.1) is 3.89 Å². The molecule has 1 unspecified atom stereocenters. The smallest absolute Gasteiger partial charge is 0.338 e. The molecule has 0 aliphatic carbocycles. The lowest BCUT2D eigenvalue weighted by atomic mass is 9.88. The summed E-state index contributed by atoms with van der Waals surface area (Å²) >= 11 is 0. The fourth-order valence-corrected chi connectivity index (χ4v) is 2.83. The summed E-state index contributed by atoms with van der Waals surface area (Å²) < 4.78 is 39.3. The highest BCUT2D eigenvalue weighted by Gasteiger charge is 2.32. The third-order valence-corrected chi connectivity index (χ3v) is 4.08. The lowest BCUT2D eigenvalue weighted by Crippen LogP contribution is -2.22. The Morgan fingerprint density at radius 1 is 1.32 bits per heavy atom. The van der Waals surface area contributed by atoms with Gasteiger partial charge < -0.3 is 4.74 Å². The van der Waals surface area contributed by atoms with Gasteiger partial charge in [0.05, 0.1) is 17.9 Å². The van der Waals surface area contributed by atoms with Crippen molar-refractivity contribution in [3.8, 4) is 0 Å². The fourth-order valence-electron chi connectivity index (χ4n) is 2.27. The normalized spacial score (nSPS) is 20.3. The van der Waals surface area contributed by atoms with Crippen LogP contribution in [0.5, 0.6) is 0 Å². The van der Waals surface area contributed by atoms with Gasteiger partial charge in [-0.25, -0.2) is 4.79 Å². The van der Waals surface area contributed by atoms with E-state index in [2.05, 4.69) is 4.99 Å². The zero-order valence-corrected chi connectivity index (χ0v) is 12.8. The molecule has 118 valence electrons. The Labute approximate surface area is 128 Å². The van der Waals surface area contributed by atoms with Crippen molar-refractivity contribution >= 4 is 22.4 Å². The number of hydrogen-bond donors (Lipinski definition) is 0. The molecule has 7 heteroatoms. The van der Waals surface area contributed by atoms with Crippen LogP contribution in [0.25, 0.3) is 0 Å². The first-order valence-corrected chi connectivity index (χ1v) is 8.35. The number of allylic oxidation sites excluding steroid dienone is 1. The minimum absolute atomic E-state index is 0.00239. The summed E-state index contributed by atoms with van der Waals surface area (Å²) in [5.41, 5.74) is 0.172. The van der Waals surface area contributed by atoms with Crippen LogP contribution in [0.2, 0.25) is 0 Å². The molecule has 0 saturated carbocycles. The summed E-state index contributed by atoms with van der Waals surface area (Å²) in [5, 5.41) is 0. The maximum absolute atomic E-state index is 12.8. The predicted molar refractivity (Wildman–Crippen MR) is 81.2 cm³/mol. The van der Waals surface area contributed by atoms with Gasteiger partial charge in [0.1, 0.15) is 5.54 Å². The van der Waals surface area contributed by atoms with Crippen molar-refractivity contribution in [1.29, 1.82) is 0 Å². The van der Waals surface area contributed by atoms with Crippen molar-refractivity contribution in [2.75, 3.05) is 12.4 Å². The van der Waals surface area contributed by atoms with Crippen LogP contribution in [0.1, 0.15) is 29.3 Å². The molecule has 0 spiro atoms. The van der Waals surface area contributed by atoms with Gasteiger partial charge in [-0.1, -0.05) is 18.2 Å². The van der Waals surface area contributed by atoms with Crippen LogP contribution in [-0.2, 0) is 20.5 Å². The summed E-state index contributed by atoms with van der Waals surface area (Å²) in [5.74, 6) is -1.05. The van der Waals surface area contributed by atoms with Crippen molar-refractivity contribution in [2.45, 2.75) is 18.9 Å². The second-order valence-corrected chi connectivity index (χ2v) is 6.34. The van der Waals surface area contributed by atoms with E-state index in [1.807, 2.05) is 0 Å². The largest absolute Gasteiger partial charge is 0.462 e. The summed E-state index contributed by atoms with van der Waals surface area (Å²) in [7, 11) is -4.57. The maximum Gasteiger partial charge on any atom is 0.338 e. The van der Waals surface area contributed by atoms with Crippen molar-refractivity contribution in [3.05, 3.63) is 47.5 Å². The Hall–Kier alpha value is -2.02. The van der Waals surface area contributed by atoms with E-state index in [4.69, 9.17) is 4.74 Å². The van der Waals surface area contributed by atoms with Gasteiger partial charge >= 0.3 is 16.2 Å². The Bertz CT molecular complexity index is 696. The van der Waals surface area contributed by atoms with Gasteiger partial charge in [-0.3, -0.25) is 4.99 Å². The van der Waals surface area contributed by atoms with Gasteiger partial charge in [-0.05, 0) is 37.1 Å². The second-order valence-electron chi connectivity index (χ2n) is 4.85. The molecule has 1 atom stereocenters. The third kappa shape index (κ3) is 3.79. The zero-order valence-electron chi connectivity index (χ0n) is 12.0. The molecule has 5 nitrogen and oxygen atoms in total. The summed E-state index contributed by atoms with van der Waals surface area (Å²) in [6.07, 6.45) is 4.95. The molecule has 1 heterocycles. The highest BCUT2D eigenvalue weighted by molar-refractivity contribution is 7.86. The van der Waals surface area contributed by atoms with Crippen molar-refractivity contribution < 1.29 is 21.8 Å². The van der Waals surface area contributed by atoms with Crippen molar-refractivity contribution in [1.82, 2.24) is 0 Å². The van der Waals surface area contributed by atoms with E-state index < -0.39 is 27.5 Å². The van der Waals surface area contributed by atoms with Gasteiger partial charge in [0, 0.05) is 6.21 Å². The molecule has 0 N–H and O–H groups in total. The Kier molecular flexibility index (Phi) is 4.75. The quantitative estimate of drug-likeness (QED) is 0.594.